The van der Waals surface area contributed by atoms with Crippen LogP contribution in [0.4, 0.5) is 4.79 Å². The van der Waals surface area contributed by atoms with Crippen molar-refractivity contribution in [2.24, 2.45) is 5.41 Å². The topological polar surface area (TPSA) is 108 Å². The molecular weight excluding hydrogens is 446 g/mol. The van der Waals surface area contributed by atoms with Crippen molar-refractivity contribution in [2.75, 3.05) is 33.8 Å². The molecule has 0 aromatic heterocycles. The average Bonchev–Trinajstić information content (AvgIpc) is 3.17. The van der Waals surface area contributed by atoms with E-state index in [1.165, 1.54) is 0 Å². The normalized spacial score (nSPS) is 15.0. The molecule has 0 aliphatic heterocycles. The van der Waals surface area contributed by atoms with Crippen LogP contribution < -0.4 is 10.6 Å². The fraction of sp³-hybridized carbons (Fsp3) is 0.444. The molecule has 2 aromatic carbocycles. The molecule has 2 atom stereocenters. The van der Waals surface area contributed by atoms with E-state index in [1.807, 2.05) is 50.2 Å². The Balaban J connectivity index is 1.58. The minimum absolute atomic E-state index is 0.0338. The number of carboxylic acid groups (broad SMARTS) is 1. The minimum atomic E-state index is -1.08. The fourth-order valence-electron chi connectivity index (χ4n) is 4.26. The quantitative estimate of drug-likeness (QED) is 0.454. The third-order valence-corrected chi connectivity index (χ3v) is 6.76. The van der Waals surface area contributed by atoms with Crippen LogP contribution >= 0.6 is 0 Å². The van der Waals surface area contributed by atoms with Gasteiger partial charge < -0.3 is 25.4 Å². The Labute approximate surface area is 206 Å². The second-order valence-corrected chi connectivity index (χ2v) is 9.55. The highest BCUT2D eigenvalue weighted by Crippen LogP contribution is 2.44. The van der Waals surface area contributed by atoms with Crippen LogP contribution in [0.15, 0.2) is 48.5 Å². The molecule has 1 aliphatic carbocycles. The highest BCUT2D eigenvalue weighted by molar-refractivity contribution is 5.87. The maximum Gasteiger partial charge on any atom is 0.407 e. The summed E-state index contributed by atoms with van der Waals surface area (Å²) in [6.07, 6.45) is 0.0950. The van der Waals surface area contributed by atoms with Gasteiger partial charge in [0, 0.05) is 19.0 Å². The van der Waals surface area contributed by atoms with Crippen LogP contribution in [0.3, 0.4) is 0 Å². The van der Waals surface area contributed by atoms with Crippen molar-refractivity contribution >= 4 is 18.0 Å². The van der Waals surface area contributed by atoms with Crippen molar-refractivity contribution in [1.29, 1.82) is 0 Å². The Morgan fingerprint density at radius 2 is 1.63 bits per heavy atom. The zero-order chi connectivity index (χ0) is 25.6. The molecule has 0 radical (unpaired) electrons. The smallest absolute Gasteiger partial charge is 0.407 e. The number of benzene rings is 2. The van der Waals surface area contributed by atoms with Crippen LogP contribution in [0.1, 0.15) is 43.7 Å². The van der Waals surface area contributed by atoms with E-state index in [1.54, 1.807) is 6.92 Å². The van der Waals surface area contributed by atoms with Crippen molar-refractivity contribution < 1.29 is 24.2 Å². The summed E-state index contributed by atoms with van der Waals surface area (Å²) >= 11 is 0. The molecular formula is C27H35N3O5. The summed E-state index contributed by atoms with van der Waals surface area (Å²) in [6, 6.07) is 15.2. The van der Waals surface area contributed by atoms with Gasteiger partial charge in [0.25, 0.3) is 0 Å². The highest BCUT2D eigenvalue weighted by atomic mass is 16.5. The number of nitrogens with zero attached hydrogens (tertiary/aromatic N) is 1. The number of nitrogens with one attached hydrogen (secondary N) is 2. The lowest BCUT2D eigenvalue weighted by atomic mass is 9.86. The third kappa shape index (κ3) is 6.19. The highest BCUT2D eigenvalue weighted by Gasteiger charge is 2.35. The van der Waals surface area contributed by atoms with Crippen LogP contribution in [-0.4, -0.2) is 67.8 Å². The molecule has 0 heterocycles. The number of hydrogen-bond donors (Lipinski definition) is 3. The van der Waals surface area contributed by atoms with Crippen molar-refractivity contribution in [3.05, 3.63) is 59.7 Å². The van der Waals surface area contributed by atoms with E-state index in [9.17, 15) is 19.5 Å². The monoisotopic (exact) mass is 481 g/mol. The number of fused-ring (bicyclic) bond motifs is 3. The van der Waals surface area contributed by atoms with Gasteiger partial charge in [0.2, 0.25) is 5.91 Å². The first-order chi connectivity index (χ1) is 16.7. The van der Waals surface area contributed by atoms with Gasteiger partial charge in [-0.15, -0.1) is 0 Å². The summed E-state index contributed by atoms with van der Waals surface area (Å²) in [6.45, 7) is 4.27. The van der Waals surface area contributed by atoms with Crippen LogP contribution in [-0.2, 0) is 14.3 Å². The van der Waals surface area contributed by atoms with Gasteiger partial charge in [-0.3, -0.25) is 4.79 Å². The van der Waals surface area contributed by atoms with E-state index in [0.29, 0.717) is 13.0 Å². The Morgan fingerprint density at radius 3 is 2.14 bits per heavy atom. The van der Waals surface area contributed by atoms with Crippen LogP contribution in [0, 0.1) is 5.41 Å². The number of carboxylic acids is 1. The van der Waals surface area contributed by atoms with Gasteiger partial charge in [0.1, 0.15) is 12.6 Å². The first-order valence-corrected chi connectivity index (χ1v) is 11.9. The summed E-state index contributed by atoms with van der Waals surface area (Å²) in [5, 5.41) is 14.8. The number of aliphatic carboxylic acids is 1. The molecule has 1 aliphatic rings. The Morgan fingerprint density at radius 1 is 1.06 bits per heavy atom. The van der Waals surface area contributed by atoms with Gasteiger partial charge in [-0.25, -0.2) is 9.59 Å². The zero-order valence-electron chi connectivity index (χ0n) is 20.8. The van der Waals surface area contributed by atoms with Crippen molar-refractivity contribution in [3.8, 4) is 11.1 Å². The van der Waals surface area contributed by atoms with E-state index in [-0.39, 0.29) is 25.5 Å². The maximum absolute atomic E-state index is 12.9. The molecule has 8 nitrogen and oxygen atoms in total. The molecule has 2 amide bonds. The van der Waals surface area contributed by atoms with Gasteiger partial charge in [-0.2, -0.15) is 0 Å². The predicted octanol–water partition coefficient (Wildman–Crippen LogP) is 3.46. The second-order valence-electron chi connectivity index (χ2n) is 9.55. The number of rotatable bonds is 11. The predicted molar refractivity (Wildman–Crippen MR) is 134 cm³/mol. The molecule has 0 fully saturated rings. The zero-order valence-corrected chi connectivity index (χ0v) is 20.8. The van der Waals surface area contributed by atoms with Gasteiger partial charge >= 0.3 is 12.1 Å². The summed E-state index contributed by atoms with van der Waals surface area (Å²) in [5.74, 6) is -1.55. The van der Waals surface area contributed by atoms with Crippen molar-refractivity contribution in [3.63, 3.8) is 0 Å². The van der Waals surface area contributed by atoms with Crippen LogP contribution in [0.2, 0.25) is 0 Å². The Kier molecular flexibility index (Phi) is 8.51. The maximum atomic E-state index is 12.9. The number of carbonyl (C=O) groups is 3. The van der Waals surface area contributed by atoms with E-state index in [2.05, 4.69) is 34.9 Å². The Bertz CT molecular complexity index is 1020. The number of ether oxygens (including phenoxy) is 1. The van der Waals surface area contributed by atoms with E-state index in [0.717, 1.165) is 22.3 Å². The first-order valence-electron chi connectivity index (χ1n) is 11.9. The summed E-state index contributed by atoms with van der Waals surface area (Å²) in [4.78, 5) is 38.9. The molecule has 3 N–H and O–H groups in total. The van der Waals surface area contributed by atoms with Crippen LogP contribution in [0.5, 0.6) is 0 Å². The lowest BCUT2D eigenvalue weighted by Crippen LogP contribution is -2.52. The minimum Gasteiger partial charge on any atom is -0.480 e. The van der Waals surface area contributed by atoms with Gasteiger partial charge in [-0.05, 0) is 56.1 Å². The lowest BCUT2D eigenvalue weighted by Gasteiger charge is -2.29. The largest absolute Gasteiger partial charge is 0.480 e. The summed E-state index contributed by atoms with van der Waals surface area (Å²) in [7, 11) is 3.68. The van der Waals surface area contributed by atoms with E-state index in [4.69, 9.17) is 4.74 Å². The van der Waals surface area contributed by atoms with E-state index >= 15 is 0 Å². The van der Waals surface area contributed by atoms with Crippen molar-refractivity contribution in [1.82, 2.24) is 15.5 Å². The molecule has 0 saturated heterocycles. The van der Waals surface area contributed by atoms with Gasteiger partial charge in [0.15, 0.2) is 0 Å². The lowest BCUT2D eigenvalue weighted by molar-refractivity contribution is -0.144. The number of hydrogen-bond acceptors (Lipinski definition) is 5. The standard InChI is InChI=1S/C27H35N3O5/c1-5-27(2,25(33)29-23(24(31)32)14-15-30(3)4)17-28-26(34)35-16-22-20-12-8-6-10-18(20)19-11-7-9-13-21(19)22/h6-13,22-23H,5,14-17H2,1-4H3,(H,28,34)(H,29,33)(H,31,32). The van der Waals surface area contributed by atoms with Gasteiger partial charge in [0.05, 0.1) is 5.41 Å². The summed E-state index contributed by atoms with van der Waals surface area (Å²) < 4.78 is 5.56. The SMILES string of the molecule is CCC(C)(CNC(=O)OCC1c2ccccc2-c2ccccc21)C(=O)NC(CCN(C)C)C(=O)O. The molecule has 188 valence electrons. The Hall–Kier alpha value is -3.39. The molecule has 0 saturated carbocycles. The molecule has 35 heavy (non-hydrogen) atoms. The van der Waals surface area contributed by atoms with Crippen molar-refractivity contribution in [2.45, 2.75) is 38.6 Å². The molecule has 0 spiro atoms. The average molecular weight is 482 g/mol. The molecule has 3 rings (SSSR count). The first kappa shape index (κ1) is 26.2. The second kappa shape index (κ2) is 11.4. The molecule has 2 unspecified atom stereocenters. The van der Waals surface area contributed by atoms with Gasteiger partial charge in [-0.1, -0.05) is 55.5 Å². The third-order valence-electron chi connectivity index (χ3n) is 6.76. The van der Waals surface area contributed by atoms with E-state index < -0.39 is 29.4 Å². The summed E-state index contributed by atoms with van der Waals surface area (Å²) in [5.41, 5.74) is 3.56. The number of alkyl carbamates (subject to hydrolysis) is 1. The van der Waals surface area contributed by atoms with Crippen LogP contribution in [0.25, 0.3) is 11.1 Å². The molecule has 8 heteroatoms. The molecule has 2 aromatic rings. The molecule has 0 bridgehead atoms. The number of carbonyl (C=O) groups excluding carboxylic acids is 2. The fourth-order valence-corrected chi connectivity index (χ4v) is 4.26. The number of amides is 2.